The molecule has 0 saturated carbocycles. The third-order valence-corrected chi connectivity index (χ3v) is 2.89. The maximum absolute atomic E-state index is 10.7. The number of primary amides is 1. The minimum absolute atomic E-state index is 0.273. The molecule has 15 heavy (non-hydrogen) atoms. The summed E-state index contributed by atoms with van der Waals surface area (Å²) in [6, 6.07) is 8.21. The molecular formula is C12H16N2O. The van der Waals surface area contributed by atoms with Crippen molar-refractivity contribution < 1.29 is 4.79 Å². The average molecular weight is 204 g/mol. The van der Waals surface area contributed by atoms with Crippen molar-refractivity contribution in [2.24, 2.45) is 5.73 Å². The summed E-state index contributed by atoms with van der Waals surface area (Å²) in [5.74, 6) is 0.359. The van der Waals surface area contributed by atoms with Crippen molar-refractivity contribution in [2.45, 2.75) is 18.8 Å². The van der Waals surface area contributed by atoms with Crippen LogP contribution in [-0.2, 0) is 11.2 Å². The van der Waals surface area contributed by atoms with Crippen LogP contribution in [0, 0.1) is 0 Å². The van der Waals surface area contributed by atoms with Crippen molar-refractivity contribution in [2.75, 3.05) is 13.1 Å². The Bertz CT molecular complexity index is 339. The first-order valence-corrected chi connectivity index (χ1v) is 5.33. The first kappa shape index (κ1) is 10.2. The predicted molar refractivity (Wildman–Crippen MR) is 59.6 cm³/mol. The molecule has 1 aliphatic rings. The molecule has 0 bridgehead atoms. The van der Waals surface area contributed by atoms with E-state index in [1.807, 2.05) is 12.1 Å². The van der Waals surface area contributed by atoms with Crippen molar-refractivity contribution in [1.29, 1.82) is 0 Å². The van der Waals surface area contributed by atoms with Gasteiger partial charge in [-0.15, -0.1) is 0 Å². The van der Waals surface area contributed by atoms with Crippen LogP contribution in [-0.4, -0.2) is 19.0 Å². The number of amides is 1. The van der Waals surface area contributed by atoms with Gasteiger partial charge in [0.05, 0.1) is 6.42 Å². The Morgan fingerprint density at radius 2 is 2.13 bits per heavy atom. The van der Waals surface area contributed by atoms with Crippen LogP contribution in [0.5, 0.6) is 0 Å². The van der Waals surface area contributed by atoms with Gasteiger partial charge in [0, 0.05) is 6.54 Å². The van der Waals surface area contributed by atoms with Crippen molar-refractivity contribution in [3.8, 4) is 0 Å². The first-order valence-electron chi connectivity index (χ1n) is 5.33. The van der Waals surface area contributed by atoms with Crippen LogP contribution in [0.2, 0.25) is 0 Å². The van der Waals surface area contributed by atoms with Gasteiger partial charge in [0.15, 0.2) is 0 Å². The molecule has 2 rings (SSSR count). The number of carbonyl (C=O) groups excluding carboxylic acids is 1. The zero-order chi connectivity index (χ0) is 10.7. The fourth-order valence-electron chi connectivity index (χ4n) is 2.05. The van der Waals surface area contributed by atoms with Crippen LogP contribution in [0.4, 0.5) is 0 Å². The summed E-state index contributed by atoms with van der Waals surface area (Å²) in [4.78, 5) is 10.7. The molecule has 1 atom stereocenters. The van der Waals surface area contributed by atoms with Crippen LogP contribution in [0.15, 0.2) is 24.3 Å². The van der Waals surface area contributed by atoms with Gasteiger partial charge >= 0.3 is 0 Å². The van der Waals surface area contributed by atoms with Gasteiger partial charge in [0.2, 0.25) is 5.91 Å². The lowest BCUT2D eigenvalue weighted by Crippen LogP contribution is -2.13. The van der Waals surface area contributed by atoms with Gasteiger partial charge in [-0.25, -0.2) is 0 Å². The summed E-state index contributed by atoms with van der Waals surface area (Å²) >= 11 is 0. The molecule has 1 heterocycles. The highest BCUT2D eigenvalue weighted by Crippen LogP contribution is 2.22. The Balaban J connectivity index is 2.06. The largest absolute Gasteiger partial charge is 0.369 e. The number of rotatable bonds is 3. The summed E-state index contributed by atoms with van der Waals surface area (Å²) in [7, 11) is 0. The molecule has 1 amide bonds. The Morgan fingerprint density at radius 1 is 1.40 bits per heavy atom. The molecule has 0 spiro atoms. The minimum Gasteiger partial charge on any atom is -0.369 e. The van der Waals surface area contributed by atoms with E-state index in [9.17, 15) is 4.79 Å². The zero-order valence-electron chi connectivity index (χ0n) is 8.70. The number of nitrogens with one attached hydrogen (secondary N) is 1. The molecule has 1 unspecified atom stereocenters. The molecule has 80 valence electrons. The molecule has 3 heteroatoms. The lowest BCUT2D eigenvalue weighted by Gasteiger charge is -2.08. The zero-order valence-corrected chi connectivity index (χ0v) is 8.70. The second-order valence-corrected chi connectivity index (χ2v) is 4.07. The van der Waals surface area contributed by atoms with E-state index < -0.39 is 0 Å². The minimum atomic E-state index is -0.273. The molecule has 1 aromatic carbocycles. The predicted octanol–water partition coefficient (Wildman–Crippen LogP) is 0.791. The number of hydrogen-bond acceptors (Lipinski definition) is 2. The summed E-state index contributed by atoms with van der Waals surface area (Å²) in [5, 5.41) is 3.34. The number of benzene rings is 1. The van der Waals surface area contributed by atoms with Gasteiger partial charge in [0.25, 0.3) is 0 Å². The van der Waals surface area contributed by atoms with Crippen molar-refractivity contribution in [3.05, 3.63) is 35.4 Å². The third kappa shape index (κ3) is 2.57. The Morgan fingerprint density at radius 3 is 2.67 bits per heavy atom. The molecule has 0 radical (unpaired) electrons. The standard InChI is InChI=1S/C12H16N2O/c13-12(15)7-9-1-3-10(4-2-9)11-5-6-14-8-11/h1-4,11,14H,5-8H2,(H2,13,15). The number of hydrogen-bond donors (Lipinski definition) is 2. The first-order chi connectivity index (χ1) is 7.25. The smallest absolute Gasteiger partial charge is 0.221 e. The molecule has 0 aliphatic carbocycles. The van der Waals surface area contributed by atoms with Gasteiger partial charge in [0.1, 0.15) is 0 Å². The third-order valence-electron chi connectivity index (χ3n) is 2.89. The fraction of sp³-hybridized carbons (Fsp3) is 0.417. The van der Waals surface area contributed by atoms with Gasteiger partial charge in [-0.3, -0.25) is 4.79 Å². The Kier molecular flexibility index (Phi) is 3.02. The number of carbonyl (C=O) groups is 1. The number of nitrogens with two attached hydrogens (primary N) is 1. The molecule has 1 fully saturated rings. The highest BCUT2D eigenvalue weighted by molar-refractivity contribution is 5.76. The molecule has 1 aromatic rings. The second-order valence-electron chi connectivity index (χ2n) is 4.07. The maximum atomic E-state index is 10.7. The molecule has 1 saturated heterocycles. The normalized spacial score (nSPS) is 20.4. The lowest BCUT2D eigenvalue weighted by atomic mass is 9.97. The SMILES string of the molecule is NC(=O)Cc1ccc(C2CCNC2)cc1. The summed E-state index contributed by atoms with van der Waals surface area (Å²) in [5.41, 5.74) is 7.49. The maximum Gasteiger partial charge on any atom is 0.221 e. The Labute approximate surface area is 89.7 Å². The van der Waals surface area contributed by atoms with Gasteiger partial charge in [-0.1, -0.05) is 24.3 Å². The molecular weight excluding hydrogens is 188 g/mol. The molecule has 1 aliphatic heterocycles. The van der Waals surface area contributed by atoms with E-state index in [1.54, 1.807) is 0 Å². The average Bonchev–Trinajstić information content (AvgIpc) is 2.71. The van der Waals surface area contributed by atoms with Crippen LogP contribution < -0.4 is 11.1 Å². The molecule has 3 nitrogen and oxygen atoms in total. The Hall–Kier alpha value is -1.35. The quantitative estimate of drug-likeness (QED) is 0.765. The monoisotopic (exact) mass is 204 g/mol. The van der Waals surface area contributed by atoms with E-state index in [-0.39, 0.29) is 5.91 Å². The molecule has 0 aromatic heterocycles. The van der Waals surface area contributed by atoms with E-state index in [0.29, 0.717) is 12.3 Å². The van der Waals surface area contributed by atoms with Gasteiger partial charge < -0.3 is 11.1 Å². The van der Waals surface area contributed by atoms with Crippen LogP contribution in [0.3, 0.4) is 0 Å². The lowest BCUT2D eigenvalue weighted by molar-refractivity contribution is -0.117. The van der Waals surface area contributed by atoms with E-state index in [2.05, 4.69) is 17.4 Å². The van der Waals surface area contributed by atoms with Gasteiger partial charge in [-0.2, -0.15) is 0 Å². The van der Waals surface area contributed by atoms with Crippen molar-refractivity contribution in [3.63, 3.8) is 0 Å². The van der Waals surface area contributed by atoms with Crippen LogP contribution >= 0.6 is 0 Å². The van der Waals surface area contributed by atoms with E-state index >= 15 is 0 Å². The van der Waals surface area contributed by atoms with E-state index in [1.165, 1.54) is 12.0 Å². The summed E-state index contributed by atoms with van der Waals surface area (Å²) < 4.78 is 0. The topological polar surface area (TPSA) is 55.1 Å². The molecule has 3 N–H and O–H groups in total. The second kappa shape index (κ2) is 4.45. The van der Waals surface area contributed by atoms with E-state index in [4.69, 9.17) is 5.73 Å². The summed E-state index contributed by atoms with van der Waals surface area (Å²) in [6.45, 7) is 2.17. The van der Waals surface area contributed by atoms with Crippen LogP contribution in [0.1, 0.15) is 23.5 Å². The fourth-order valence-corrected chi connectivity index (χ4v) is 2.05. The van der Waals surface area contributed by atoms with Crippen molar-refractivity contribution >= 4 is 5.91 Å². The highest BCUT2D eigenvalue weighted by atomic mass is 16.1. The summed E-state index contributed by atoms with van der Waals surface area (Å²) in [6.07, 6.45) is 1.54. The van der Waals surface area contributed by atoms with Gasteiger partial charge in [-0.05, 0) is 30.0 Å². The van der Waals surface area contributed by atoms with Crippen molar-refractivity contribution in [1.82, 2.24) is 5.32 Å². The highest BCUT2D eigenvalue weighted by Gasteiger charge is 2.15. The van der Waals surface area contributed by atoms with E-state index in [0.717, 1.165) is 18.7 Å². The van der Waals surface area contributed by atoms with Crippen LogP contribution in [0.25, 0.3) is 0 Å².